The summed E-state index contributed by atoms with van der Waals surface area (Å²) in [5, 5.41) is 6.20. The van der Waals surface area contributed by atoms with Crippen molar-refractivity contribution >= 4 is 45.6 Å². The van der Waals surface area contributed by atoms with Gasteiger partial charge in [0.25, 0.3) is 0 Å². The molecule has 0 fully saturated rings. The lowest BCUT2D eigenvalue weighted by Gasteiger charge is -2.15. The number of benzene rings is 2. The van der Waals surface area contributed by atoms with Crippen LogP contribution in [0.25, 0.3) is 0 Å². The highest BCUT2D eigenvalue weighted by Gasteiger charge is 2.11. The molecule has 0 spiro atoms. The average Bonchev–Trinajstić information content (AvgIpc) is 2.65. The molecule has 2 aromatic carbocycles. The van der Waals surface area contributed by atoms with Crippen LogP contribution in [0.5, 0.6) is 5.75 Å². The van der Waals surface area contributed by atoms with Crippen LogP contribution >= 0.6 is 24.0 Å². The van der Waals surface area contributed by atoms with Crippen molar-refractivity contribution in [2.75, 3.05) is 17.5 Å². The van der Waals surface area contributed by atoms with E-state index in [1.807, 2.05) is 13.8 Å². The molecule has 0 saturated heterocycles. The SMILES string of the molecule is CCNC(=NCc1cc(C)ccc1OC(F)F)NCc1ccccc1NS(C)(=O)=O.I. The number of nitrogens with one attached hydrogen (secondary N) is 3. The highest BCUT2D eigenvalue weighted by molar-refractivity contribution is 14.0. The quantitative estimate of drug-likeness (QED) is 0.243. The molecule has 0 aliphatic heterocycles. The molecule has 0 atom stereocenters. The molecule has 172 valence electrons. The third-order valence-corrected chi connectivity index (χ3v) is 4.53. The average molecular weight is 568 g/mol. The molecule has 7 nitrogen and oxygen atoms in total. The highest BCUT2D eigenvalue weighted by atomic mass is 127. The second kappa shape index (κ2) is 12.6. The lowest BCUT2D eigenvalue weighted by Crippen LogP contribution is -2.37. The van der Waals surface area contributed by atoms with Gasteiger partial charge in [0.2, 0.25) is 10.0 Å². The number of sulfonamides is 1. The molecule has 2 rings (SSSR count). The third-order valence-electron chi connectivity index (χ3n) is 3.94. The Morgan fingerprint density at radius 3 is 2.48 bits per heavy atom. The van der Waals surface area contributed by atoms with Crippen LogP contribution in [-0.4, -0.2) is 33.8 Å². The first-order chi connectivity index (χ1) is 14.2. The van der Waals surface area contributed by atoms with E-state index in [4.69, 9.17) is 0 Å². The van der Waals surface area contributed by atoms with Gasteiger partial charge in [-0.2, -0.15) is 8.78 Å². The van der Waals surface area contributed by atoms with Gasteiger partial charge in [-0.15, -0.1) is 24.0 Å². The number of aryl methyl sites for hydroxylation is 1. The van der Waals surface area contributed by atoms with Crippen LogP contribution in [0.1, 0.15) is 23.6 Å². The molecule has 0 radical (unpaired) electrons. The van der Waals surface area contributed by atoms with Crippen molar-refractivity contribution in [3.8, 4) is 5.75 Å². The Labute approximate surface area is 198 Å². The summed E-state index contributed by atoms with van der Waals surface area (Å²) in [6.45, 7) is 1.85. The Bertz CT molecular complexity index is 988. The van der Waals surface area contributed by atoms with E-state index in [1.165, 1.54) is 6.07 Å². The Morgan fingerprint density at radius 2 is 1.84 bits per heavy atom. The summed E-state index contributed by atoms with van der Waals surface area (Å²) in [7, 11) is -3.41. The van der Waals surface area contributed by atoms with E-state index < -0.39 is 16.6 Å². The van der Waals surface area contributed by atoms with E-state index in [2.05, 4.69) is 25.1 Å². The number of nitrogens with zero attached hydrogens (tertiary/aromatic N) is 1. The van der Waals surface area contributed by atoms with Crippen LogP contribution in [-0.2, 0) is 23.1 Å². The largest absolute Gasteiger partial charge is 0.434 e. The summed E-state index contributed by atoms with van der Waals surface area (Å²) in [5.41, 5.74) is 2.63. The van der Waals surface area contributed by atoms with Gasteiger partial charge in [-0.05, 0) is 31.5 Å². The van der Waals surface area contributed by atoms with E-state index in [9.17, 15) is 17.2 Å². The van der Waals surface area contributed by atoms with Crippen molar-refractivity contribution < 1.29 is 21.9 Å². The normalized spacial score (nSPS) is 11.6. The maximum absolute atomic E-state index is 12.7. The Hall–Kier alpha value is -2.15. The van der Waals surface area contributed by atoms with Crippen molar-refractivity contribution in [2.45, 2.75) is 33.5 Å². The van der Waals surface area contributed by atoms with Crippen LogP contribution < -0.4 is 20.1 Å². The van der Waals surface area contributed by atoms with Crippen LogP contribution in [0.15, 0.2) is 47.5 Å². The molecule has 0 saturated carbocycles. The molecule has 0 bridgehead atoms. The standard InChI is InChI=1S/C20H26F2N4O3S.HI/c1-4-23-20(24-12-15-7-5-6-8-17(15)26-30(3,27)28)25-13-16-11-14(2)9-10-18(16)29-19(21)22;/h5-11,19,26H,4,12-13H2,1-3H3,(H2,23,24,25);1H. The fourth-order valence-electron chi connectivity index (χ4n) is 2.70. The molecule has 0 aliphatic rings. The van der Waals surface area contributed by atoms with E-state index in [1.54, 1.807) is 36.4 Å². The number of hydrogen-bond donors (Lipinski definition) is 3. The molecule has 0 unspecified atom stereocenters. The Morgan fingerprint density at radius 1 is 1.13 bits per heavy atom. The van der Waals surface area contributed by atoms with Gasteiger partial charge < -0.3 is 15.4 Å². The van der Waals surface area contributed by atoms with Crippen LogP contribution in [0.4, 0.5) is 14.5 Å². The minimum atomic E-state index is -3.41. The summed E-state index contributed by atoms with van der Waals surface area (Å²) in [6.07, 6.45) is 1.09. The fourth-order valence-corrected chi connectivity index (χ4v) is 3.30. The molecule has 0 aliphatic carbocycles. The van der Waals surface area contributed by atoms with E-state index in [0.29, 0.717) is 30.3 Å². The first-order valence-corrected chi connectivity index (χ1v) is 11.2. The lowest BCUT2D eigenvalue weighted by molar-refractivity contribution is -0.0504. The summed E-state index contributed by atoms with van der Waals surface area (Å²) >= 11 is 0. The van der Waals surface area contributed by atoms with Gasteiger partial charge in [-0.3, -0.25) is 4.72 Å². The Balaban J connectivity index is 0.00000480. The van der Waals surface area contributed by atoms with Gasteiger partial charge in [-0.1, -0.05) is 35.9 Å². The second-order valence-electron chi connectivity index (χ2n) is 6.57. The number of halogens is 3. The predicted octanol–water partition coefficient (Wildman–Crippen LogP) is 3.84. The zero-order chi connectivity index (χ0) is 22.1. The summed E-state index contributed by atoms with van der Waals surface area (Å²) in [5.74, 6) is 0.536. The minimum absolute atomic E-state index is 0. The summed E-state index contributed by atoms with van der Waals surface area (Å²) in [6, 6.07) is 11.9. The van der Waals surface area contributed by atoms with E-state index in [-0.39, 0.29) is 36.3 Å². The van der Waals surface area contributed by atoms with Gasteiger partial charge in [0.05, 0.1) is 18.5 Å². The first-order valence-electron chi connectivity index (χ1n) is 9.30. The van der Waals surface area contributed by atoms with Gasteiger partial charge in [0, 0.05) is 18.7 Å². The van der Waals surface area contributed by atoms with Crippen molar-refractivity contribution in [1.82, 2.24) is 10.6 Å². The van der Waals surface area contributed by atoms with Crippen molar-refractivity contribution in [3.63, 3.8) is 0 Å². The van der Waals surface area contributed by atoms with Gasteiger partial charge >= 0.3 is 6.61 Å². The molecule has 11 heteroatoms. The molecular formula is C20H27F2IN4O3S. The van der Waals surface area contributed by atoms with E-state index >= 15 is 0 Å². The van der Waals surface area contributed by atoms with Crippen molar-refractivity contribution in [3.05, 3.63) is 59.2 Å². The first kappa shape index (κ1) is 26.9. The van der Waals surface area contributed by atoms with E-state index in [0.717, 1.165) is 17.4 Å². The fraction of sp³-hybridized carbons (Fsp3) is 0.350. The van der Waals surface area contributed by atoms with Gasteiger partial charge in [-0.25, -0.2) is 13.4 Å². The summed E-state index contributed by atoms with van der Waals surface area (Å²) in [4.78, 5) is 4.44. The van der Waals surface area contributed by atoms with Crippen LogP contribution in [0.3, 0.4) is 0 Å². The smallest absolute Gasteiger partial charge is 0.387 e. The zero-order valence-electron chi connectivity index (χ0n) is 17.5. The molecule has 3 N–H and O–H groups in total. The molecule has 0 amide bonds. The number of hydrogen-bond acceptors (Lipinski definition) is 4. The topological polar surface area (TPSA) is 91.8 Å². The number of anilines is 1. The van der Waals surface area contributed by atoms with Crippen molar-refractivity contribution in [2.24, 2.45) is 4.99 Å². The molecular weight excluding hydrogens is 541 g/mol. The highest BCUT2D eigenvalue weighted by Crippen LogP contribution is 2.23. The van der Waals surface area contributed by atoms with Gasteiger partial charge in [0.15, 0.2) is 5.96 Å². The predicted molar refractivity (Wildman–Crippen MR) is 130 cm³/mol. The number of alkyl halides is 2. The number of guanidine groups is 1. The number of para-hydroxylation sites is 1. The second-order valence-corrected chi connectivity index (χ2v) is 8.32. The zero-order valence-corrected chi connectivity index (χ0v) is 20.6. The van der Waals surface area contributed by atoms with Gasteiger partial charge in [0.1, 0.15) is 5.75 Å². The maximum atomic E-state index is 12.7. The minimum Gasteiger partial charge on any atom is -0.434 e. The molecule has 0 aromatic heterocycles. The van der Waals surface area contributed by atoms with Crippen LogP contribution in [0.2, 0.25) is 0 Å². The molecule has 2 aromatic rings. The lowest BCUT2D eigenvalue weighted by atomic mass is 10.1. The monoisotopic (exact) mass is 568 g/mol. The maximum Gasteiger partial charge on any atom is 0.387 e. The third kappa shape index (κ3) is 9.68. The summed E-state index contributed by atoms with van der Waals surface area (Å²) < 4.78 is 55.5. The molecule has 31 heavy (non-hydrogen) atoms. The number of rotatable bonds is 9. The Kier molecular flexibility index (Phi) is 11.0. The van der Waals surface area contributed by atoms with Crippen molar-refractivity contribution in [1.29, 1.82) is 0 Å². The van der Waals surface area contributed by atoms with Crippen LogP contribution in [0, 0.1) is 6.92 Å². The number of aliphatic imine (C=N–C) groups is 1. The number of ether oxygens (including phenoxy) is 1. The molecule has 0 heterocycles.